The highest BCUT2D eigenvalue weighted by Crippen LogP contribution is 2.38. The normalized spacial score (nSPS) is 20.9. The van der Waals surface area contributed by atoms with Crippen LogP contribution in [0.25, 0.3) is 0 Å². The van der Waals surface area contributed by atoms with E-state index in [4.69, 9.17) is 4.74 Å². The van der Waals surface area contributed by atoms with Crippen molar-refractivity contribution >= 4 is 27.8 Å². The molecule has 0 radical (unpaired) electrons. The minimum atomic E-state index is -2.79. The topological polar surface area (TPSA) is 55.4 Å². The zero-order valence-corrected chi connectivity index (χ0v) is 14.7. The van der Waals surface area contributed by atoms with Gasteiger partial charge in [0.15, 0.2) is 5.78 Å². The van der Waals surface area contributed by atoms with E-state index in [1.807, 2.05) is 18.2 Å². The minimum absolute atomic E-state index is 0.00129. The minimum Gasteiger partial charge on any atom is -0.445 e. The number of Topliss-reactive ketones (excluding diaryl/α,β-unsaturated/α-hetero) is 1. The van der Waals surface area contributed by atoms with Crippen molar-refractivity contribution < 1.29 is 23.1 Å². The fourth-order valence-electron chi connectivity index (χ4n) is 2.93. The Morgan fingerprint density at radius 2 is 2.04 bits per heavy atom. The molecule has 132 valence electrons. The third kappa shape index (κ3) is 5.54. The summed E-state index contributed by atoms with van der Waals surface area (Å²) in [4.78, 5) is 24.0. The first-order valence-electron chi connectivity index (χ1n) is 7.85. The van der Waals surface area contributed by atoms with Crippen LogP contribution in [0.4, 0.5) is 13.6 Å². The molecular formula is C17H20BrF2NO3. The number of carbonyl (C=O) groups excluding carboxylic acids is 2. The van der Waals surface area contributed by atoms with Gasteiger partial charge < -0.3 is 10.1 Å². The van der Waals surface area contributed by atoms with E-state index in [-0.39, 0.29) is 24.1 Å². The second-order valence-corrected chi connectivity index (χ2v) is 6.56. The van der Waals surface area contributed by atoms with Gasteiger partial charge in [0.25, 0.3) is 0 Å². The number of rotatable bonds is 6. The third-order valence-electron chi connectivity index (χ3n) is 4.11. The van der Waals surface area contributed by atoms with Crippen LogP contribution in [0.5, 0.6) is 0 Å². The van der Waals surface area contributed by atoms with Gasteiger partial charge in [0.1, 0.15) is 6.61 Å². The average Bonchev–Trinajstić information content (AvgIpc) is 2.57. The van der Waals surface area contributed by atoms with Crippen molar-refractivity contribution in [1.29, 1.82) is 0 Å². The van der Waals surface area contributed by atoms with E-state index in [1.165, 1.54) is 0 Å². The lowest BCUT2D eigenvalue weighted by Crippen LogP contribution is -2.49. The summed E-state index contributed by atoms with van der Waals surface area (Å²) in [7, 11) is 0. The molecule has 2 atom stereocenters. The van der Waals surface area contributed by atoms with E-state index >= 15 is 0 Å². The number of hydrogen-bond acceptors (Lipinski definition) is 3. The summed E-state index contributed by atoms with van der Waals surface area (Å²) >= 11 is 3.05. The molecule has 1 amide bonds. The fraction of sp³-hybridized carbons (Fsp3) is 0.529. The number of halogens is 3. The summed E-state index contributed by atoms with van der Waals surface area (Å²) in [5.74, 6) is -3.69. The highest BCUT2D eigenvalue weighted by atomic mass is 79.9. The number of benzene rings is 1. The maximum absolute atomic E-state index is 13.6. The summed E-state index contributed by atoms with van der Waals surface area (Å²) in [5, 5.41) is 2.47. The number of hydrogen-bond donors (Lipinski definition) is 1. The van der Waals surface area contributed by atoms with Gasteiger partial charge in [0.2, 0.25) is 5.92 Å². The fourth-order valence-corrected chi connectivity index (χ4v) is 3.28. The van der Waals surface area contributed by atoms with Crippen LogP contribution >= 0.6 is 15.9 Å². The molecular weight excluding hydrogens is 384 g/mol. The van der Waals surface area contributed by atoms with Gasteiger partial charge in [0, 0.05) is 12.8 Å². The molecule has 1 N–H and O–H groups in total. The largest absolute Gasteiger partial charge is 0.445 e. The number of alkyl halides is 3. The lowest BCUT2D eigenvalue weighted by molar-refractivity contribution is -0.122. The Morgan fingerprint density at radius 1 is 1.33 bits per heavy atom. The second-order valence-electron chi connectivity index (χ2n) is 6.00. The molecule has 0 aliphatic heterocycles. The van der Waals surface area contributed by atoms with E-state index in [9.17, 15) is 18.4 Å². The molecule has 1 aromatic rings. The molecule has 1 saturated carbocycles. The molecule has 0 heterocycles. The predicted octanol–water partition coefficient (Wildman–Crippen LogP) is 4.07. The molecule has 1 aliphatic carbocycles. The predicted molar refractivity (Wildman–Crippen MR) is 89.3 cm³/mol. The first-order chi connectivity index (χ1) is 11.4. The van der Waals surface area contributed by atoms with E-state index in [1.54, 1.807) is 12.1 Å². The Kier molecular flexibility index (Phi) is 6.71. The summed E-state index contributed by atoms with van der Waals surface area (Å²) in [6.07, 6.45) is -0.512. The van der Waals surface area contributed by atoms with Crippen LogP contribution in [0.3, 0.4) is 0 Å². The Morgan fingerprint density at radius 3 is 2.67 bits per heavy atom. The molecule has 0 bridgehead atoms. The maximum atomic E-state index is 13.6. The SMILES string of the molecule is O=C(N[C@H](C(=O)CBr)[C@H]1CCCC(F)(F)C1)OCc1ccccc1. The number of amides is 1. The molecule has 7 heteroatoms. The van der Waals surface area contributed by atoms with Crippen molar-refractivity contribution in [2.24, 2.45) is 5.92 Å². The lowest BCUT2D eigenvalue weighted by atomic mass is 9.80. The van der Waals surface area contributed by atoms with Crippen LogP contribution in [0.1, 0.15) is 31.2 Å². The zero-order valence-electron chi connectivity index (χ0n) is 13.1. The van der Waals surface area contributed by atoms with E-state index in [0.29, 0.717) is 12.8 Å². The first-order valence-corrected chi connectivity index (χ1v) is 8.97. The van der Waals surface area contributed by atoms with Gasteiger partial charge in [-0.3, -0.25) is 4.79 Å². The van der Waals surface area contributed by atoms with Crippen molar-refractivity contribution in [1.82, 2.24) is 5.32 Å². The highest BCUT2D eigenvalue weighted by molar-refractivity contribution is 9.09. The van der Waals surface area contributed by atoms with Gasteiger partial charge in [-0.05, 0) is 24.3 Å². The lowest BCUT2D eigenvalue weighted by Gasteiger charge is -2.33. The van der Waals surface area contributed by atoms with E-state index < -0.39 is 30.4 Å². The Labute approximate surface area is 148 Å². The second kappa shape index (κ2) is 8.55. The van der Waals surface area contributed by atoms with Crippen LogP contribution in [-0.2, 0) is 16.1 Å². The Hall–Kier alpha value is -1.50. The summed E-state index contributed by atoms with van der Waals surface area (Å²) in [6.45, 7) is 0.0583. The smallest absolute Gasteiger partial charge is 0.408 e. The summed E-state index contributed by atoms with van der Waals surface area (Å²) in [6, 6.07) is 8.12. The molecule has 0 unspecified atom stereocenters. The number of nitrogens with one attached hydrogen (secondary N) is 1. The van der Waals surface area contributed by atoms with Crippen molar-refractivity contribution in [3.8, 4) is 0 Å². The van der Waals surface area contributed by atoms with Crippen LogP contribution in [0.15, 0.2) is 30.3 Å². The van der Waals surface area contributed by atoms with Crippen molar-refractivity contribution in [2.45, 2.75) is 44.3 Å². The van der Waals surface area contributed by atoms with Gasteiger partial charge in [-0.1, -0.05) is 46.3 Å². The number of ether oxygens (including phenoxy) is 1. The number of ketones is 1. The molecule has 1 aromatic carbocycles. The van der Waals surface area contributed by atoms with Gasteiger partial charge in [0.05, 0.1) is 11.4 Å². The summed E-state index contributed by atoms with van der Waals surface area (Å²) < 4.78 is 32.3. The van der Waals surface area contributed by atoms with Crippen LogP contribution in [-0.4, -0.2) is 29.2 Å². The highest BCUT2D eigenvalue weighted by Gasteiger charge is 2.41. The average molecular weight is 404 g/mol. The van der Waals surface area contributed by atoms with Gasteiger partial charge in [-0.15, -0.1) is 0 Å². The van der Waals surface area contributed by atoms with Crippen molar-refractivity contribution in [2.75, 3.05) is 5.33 Å². The number of carbonyl (C=O) groups is 2. The Balaban J connectivity index is 1.95. The van der Waals surface area contributed by atoms with Crippen molar-refractivity contribution in [3.05, 3.63) is 35.9 Å². The molecule has 0 saturated heterocycles. The zero-order chi connectivity index (χ0) is 17.6. The van der Waals surface area contributed by atoms with Gasteiger partial charge in [-0.2, -0.15) is 0 Å². The molecule has 1 fully saturated rings. The summed E-state index contributed by atoms with van der Waals surface area (Å²) in [5.41, 5.74) is 0.806. The Bertz CT molecular complexity index is 568. The molecule has 2 rings (SSSR count). The quantitative estimate of drug-likeness (QED) is 0.728. The van der Waals surface area contributed by atoms with E-state index in [0.717, 1.165) is 5.56 Å². The van der Waals surface area contributed by atoms with E-state index in [2.05, 4.69) is 21.2 Å². The molecule has 4 nitrogen and oxygen atoms in total. The first kappa shape index (κ1) is 18.8. The molecule has 1 aliphatic rings. The standard InChI is InChI=1S/C17H20BrF2NO3/c18-10-14(22)15(13-7-4-8-17(19,20)9-13)21-16(23)24-11-12-5-2-1-3-6-12/h1-3,5-6,13,15H,4,7-11H2,(H,21,23)/t13-,15-/m0/s1. The van der Waals surface area contributed by atoms with Crippen LogP contribution < -0.4 is 5.32 Å². The van der Waals surface area contributed by atoms with Crippen LogP contribution in [0, 0.1) is 5.92 Å². The third-order valence-corrected chi connectivity index (χ3v) is 4.67. The molecule has 0 aromatic heterocycles. The maximum Gasteiger partial charge on any atom is 0.408 e. The molecule has 0 spiro atoms. The van der Waals surface area contributed by atoms with Crippen molar-refractivity contribution in [3.63, 3.8) is 0 Å². The van der Waals surface area contributed by atoms with Gasteiger partial charge >= 0.3 is 6.09 Å². The monoisotopic (exact) mass is 403 g/mol. The van der Waals surface area contributed by atoms with Gasteiger partial charge in [-0.25, -0.2) is 13.6 Å². The van der Waals surface area contributed by atoms with Crippen LogP contribution in [0.2, 0.25) is 0 Å². The number of alkyl carbamates (subject to hydrolysis) is 1. The molecule has 24 heavy (non-hydrogen) atoms.